The number of hydrogen-bond acceptors (Lipinski definition) is 4. The number of carbonyl (C=O) groups is 3. The molecule has 3 rings (SSSR count). The van der Waals surface area contributed by atoms with Crippen molar-refractivity contribution in [2.45, 2.75) is 31.4 Å². The number of anilines is 3. The zero-order chi connectivity index (χ0) is 19.9. The molecule has 0 saturated carbocycles. The third-order valence-corrected chi connectivity index (χ3v) is 5.67. The molecule has 0 bridgehead atoms. The van der Waals surface area contributed by atoms with Gasteiger partial charge in [-0.05, 0) is 48.7 Å². The molecule has 0 saturated heterocycles. The van der Waals surface area contributed by atoms with Gasteiger partial charge in [0.1, 0.15) is 0 Å². The molecule has 6 nitrogen and oxygen atoms in total. The van der Waals surface area contributed by atoms with Gasteiger partial charge >= 0.3 is 0 Å². The summed E-state index contributed by atoms with van der Waals surface area (Å²) in [7, 11) is 0. The Morgan fingerprint density at radius 2 is 1.75 bits per heavy atom. The first-order valence-electron chi connectivity index (χ1n) is 9.19. The van der Waals surface area contributed by atoms with E-state index in [1.807, 2.05) is 24.3 Å². The van der Waals surface area contributed by atoms with Gasteiger partial charge in [0, 0.05) is 36.2 Å². The number of thioether (sulfide) groups is 1. The molecular weight excluding hydrogens is 374 g/mol. The van der Waals surface area contributed by atoms with Crippen LogP contribution in [0, 0.1) is 0 Å². The summed E-state index contributed by atoms with van der Waals surface area (Å²) >= 11 is 1.52. The van der Waals surface area contributed by atoms with Crippen LogP contribution < -0.4 is 16.0 Å². The van der Waals surface area contributed by atoms with Crippen LogP contribution in [0.15, 0.2) is 48.5 Å². The van der Waals surface area contributed by atoms with Gasteiger partial charge in [0.2, 0.25) is 17.7 Å². The number of benzene rings is 2. The summed E-state index contributed by atoms with van der Waals surface area (Å²) in [6, 6.07) is 14.8. The van der Waals surface area contributed by atoms with E-state index in [0.717, 1.165) is 24.1 Å². The van der Waals surface area contributed by atoms with Crippen molar-refractivity contribution >= 4 is 46.5 Å². The Kier molecular flexibility index (Phi) is 6.71. The van der Waals surface area contributed by atoms with E-state index in [4.69, 9.17) is 0 Å². The van der Waals surface area contributed by atoms with Gasteiger partial charge in [-0.1, -0.05) is 18.2 Å². The monoisotopic (exact) mass is 397 g/mol. The highest BCUT2D eigenvalue weighted by atomic mass is 32.2. The number of para-hydroxylation sites is 1. The molecule has 1 aliphatic heterocycles. The van der Waals surface area contributed by atoms with E-state index >= 15 is 0 Å². The molecule has 146 valence electrons. The van der Waals surface area contributed by atoms with Crippen LogP contribution in [0.4, 0.5) is 17.1 Å². The molecule has 7 heteroatoms. The van der Waals surface area contributed by atoms with E-state index in [2.05, 4.69) is 16.0 Å². The Hall–Kier alpha value is -2.80. The molecule has 1 aliphatic rings. The van der Waals surface area contributed by atoms with Crippen LogP contribution >= 0.6 is 11.8 Å². The lowest BCUT2D eigenvalue weighted by molar-refractivity contribution is -0.116. The minimum atomic E-state index is -0.155. The highest BCUT2D eigenvalue weighted by Crippen LogP contribution is 2.27. The van der Waals surface area contributed by atoms with Crippen LogP contribution in [0.3, 0.4) is 0 Å². The molecule has 2 aromatic rings. The van der Waals surface area contributed by atoms with Crippen molar-refractivity contribution in [3.63, 3.8) is 0 Å². The molecule has 0 fully saturated rings. The van der Waals surface area contributed by atoms with Crippen LogP contribution in [0.25, 0.3) is 0 Å². The average Bonchev–Trinajstić information content (AvgIpc) is 2.82. The van der Waals surface area contributed by atoms with Crippen LogP contribution in [-0.2, 0) is 20.8 Å². The van der Waals surface area contributed by atoms with Crippen molar-refractivity contribution in [1.82, 2.24) is 0 Å². The Labute approximate surface area is 168 Å². The first-order valence-corrected chi connectivity index (χ1v) is 10.2. The number of rotatable bonds is 6. The molecule has 2 aromatic carbocycles. The van der Waals surface area contributed by atoms with Gasteiger partial charge in [-0.3, -0.25) is 14.4 Å². The predicted molar refractivity (Wildman–Crippen MR) is 114 cm³/mol. The maximum absolute atomic E-state index is 12.4. The van der Waals surface area contributed by atoms with E-state index in [1.165, 1.54) is 18.7 Å². The van der Waals surface area contributed by atoms with Crippen LogP contribution in [-0.4, -0.2) is 28.7 Å². The lowest BCUT2D eigenvalue weighted by Gasteiger charge is -2.13. The maximum atomic E-state index is 12.4. The fourth-order valence-electron chi connectivity index (χ4n) is 3.01. The zero-order valence-corrected chi connectivity index (χ0v) is 16.5. The SMILES string of the molecule is CC(=O)Nc1ccc(NC(=O)CCS[C@@H]2CCc3ccccc3NC2=O)cc1. The number of nitrogens with one attached hydrogen (secondary N) is 3. The molecular formula is C21H23N3O3S. The topological polar surface area (TPSA) is 87.3 Å². The second kappa shape index (κ2) is 9.41. The van der Waals surface area contributed by atoms with Gasteiger partial charge in [-0.2, -0.15) is 0 Å². The minimum Gasteiger partial charge on any atom is -0.326 e. The third-order valence-electron chi connectivity index (χ3n) is 4.38. The number of carbonyl (C=O) groups excluding carboxylic acids is 3. The molecule has 28 heavy (non-hydrogen) atoms. The standard InChI is InChI=1S/C21H23N3O3S/c1-14(25)22-16-7-9-17(10-8-16)23-20(26)12-13-28-19-11-6-15-4-2-3-5-18(15)24-21(19)27/h2-5,7-10,19H,6,11-13H2,1H3,(H,22,25)(H,23,26)(H,24,27)/t19-/m1/s1. The smallest absolute Gasteiger partial charge is 0.237 e. The fourth-order valence-corrected chi connectivity index (χ4v) is 4.09. The van der Waals surface area contributed by atoms with Crippen LogP contribution in [0.1, 0.15) is 25.3 Å². The maximum Gasteiger partial charge on any atom is 0.237 e. The largest absolute Gasteiger partial charge is 0.326 e. The summed E-state index contributed by atoms with van der Waals surface area (Å²) in [4.78, 5) is 35.6. The fraction of sp³-hybridized carbons (Fsp3) is 0.286. The molecule has 0 aromatic heterocycles. The van der Waals surface area contributed by atoms with Crippen molar-refractivity contribution in [2.75, 3.05) is 21.7 Å². The van der Waals surface area contributed by atoms with Crippen molar-refractivity contribution in [3.05, 3.63) is 54.1 Å². The van der Waals surface area contributed by atoms with Crippen molar-refractivity contribution in [2.24, 2.45) is 0 Å². The van der Waals surface area contributed by atoms with E-state index in [9.17, 15) is 14.4 Å². The highest BCUT2D eigenvalue weighted by Gasteiger charge is 2.23. The number of hydrogen-bond donors (Lipinski definition) is 3. The predicted octanol–water partition coefficient (Wildman–Crippen LogP) is 3.66. The lowest BCUT2D eigenvalue weighted by Crippen LogP contribution is -2.24. The number of amides is 3. The van der Waals surface area contributed by atoms with Crippen LogP contribution in [0.2, 0.25) is 0 Å². The van der Waals surface area contributed by atoms with Gasteiger partial charge in [-0.25, -0.2) is 0 Å². The van der Waals surface area contributed by atoms with Gasteiger partial charge in [0.05, 0.1) is 5.25 Å². The Balaban J connectivity index is 1.44. The molecule has 3 N–H and O–H groups in total. The molecule has 3 amide bonds. The summed E-state index contributed by atoms with van der Waals surface area (Å²) in [5.41, 5.74) is 3.39. The van der Waals surface area contributed by atoms with Crippen molar-refractivity contribution in [3.8, 4) is 0 Å². The Morgan fingerprint density at radius 3 is 2.46 bits per heavy atom. The summed E-state index contributed by atoms with van der Waals surface area (Å²) in [5, 5.41) is 8.33. The minimum absolute atomic E-state index is 0.00363. The Morgan fingerprint density at radius 1 is 1.07 bits per heavy atom. The van der Waals surface area contributed by atoms with Crippen LogP contribution in [0.5, 0.6) is 0 Å². The average molecular weight is 398 g/mol. The van der Waals surface area contributed by atoms with Crippen molar-refractivity contribution < 1.29 is 14.4 Å². The van der Waals surface area contributed by atoms with E-state index in [-0.39, 0.29) is 23.0 Å². The first kappa shape index (κ1) is 19.9. The van der Waals surface area contributed by atoms with Crippen molar-refractivity contribution in [1.29, 1.82) is 0 Å². The first-order chi connectivity index (χ1) is 13.5. The van der Waals surface area contributed by atoms with Gasteiger partial charge in [0.25, 0.3) is 0 Å². The van der Waals surface area contributed by atoms with E-state index in [1.54, 1.807) is 24.3 Å². The van der Waals surface area contributed by atoms with E-state index in [0.29, 0.717) is 23.5 Å². The molecule has 1 heterocycles. The second-order valence-electron chi connectivity index (χ2n) is 6.60. The Bertz CT molecular complexity index is 867. The summed E-state index contributed by atoms with van der Waals surface area (Å²) in [5.74, 6) is 0.338. The quantitative estimate of drug-likeness (QED) is 0.694. The van der Waals surface area contributed by atoms with Gasteiger partial charge in [0.15, 0.2) is 0 Å². The second-order valence-corrected chi connectivity index (χ2v) is 7.91. The molecule has 0 aliphatic carbocycles. The molecule has 0 unspecified atom stereocenters. The lowest BCUT2D eigenvalue weighted by atomic mass is 10.1. The highest BCUT2D eigenvalue weighted by molar-refractivity contribution is 8.00. The summed E-state index contributed by atoms with van der Waals surface area (Å²) < 4.78 is 0. The molecule has 0 radical (unpaired) electrons. The molecule has 1 atom stereocenters. The molecule has 0 spiro atoms. The number of aryl methyl sites for hydroxylation is 1. The van der Waals surface area contributed by atoms with Gasteiger partial charge < -0.3 is 16.0 Å². The summed E-state index contributed by atoms with van der Waals surface area (Å²) in [6.07, 6.45) is 1.94. The van der Waals surface area contributed by atoms with E-state index < -0.39 is 0 Å². The third kappa shape index (κ3) is 5.60. The number of fused-ring (bicyclic) bond motifs is 1. The normalized spacial score (nSPS) is 15.8. The summed E-state index contributed by atoms with van der Waals surface area (Å²) in [6.45, 7) is 1.45. The van der Waals surface area contributed by atoms with Gasteiger partial charge in [-0.15, -0.1) is 11.8 Å². The zero-order valence-electron chi connectivity index (χ0n) is 15.7.